The van der Waals surface area contributed by atoms with E-state index in [-0.39, 0.29) is 10.8 Å². The fraction of sp³-hybridized carbons (Fsp3) is 0.263. The molecule has 1 heterocycles. The van der Waals surface area contributed by atoms with E-state index in [1.54, 1.807) is 36.4 Å². The number of anilines is 1. The van der Waals surface area contributed by atoms with Crippen molar-refractivity contribution in [2.45, 2.75) is 30.2 Å². The molecule has 8 heteroatoms. The minimum Gasteiger partial charge on any atom is -0.325 e. The van der Waals surface area contributed by atoms with E-state index >= 15 is 0 Å². The molecule has 1 saturated heterocycles. The minimum atomic E-state index is -3.78. The number of nitrogens with zero attached hydrogens (tertiary/aromatic N) is 2. The van der Waals surface area contributed by atoms with Gasteiger partial charge in [-0.1, -0.05) is 28.4 Å². The van der Waals surface area contributed by atoms with Crippen LogP contribution in [0.5, 0.6) is 0 Å². The zero-order chi connectivity index (χ0) is 19.4. The van der Waals surface area contributed by atoms with Crippen molar-refractivity contribution >= 4 is 37.5 Å². The lowest BCUT2D eigenvalue weighted by Crippen LogP contribution is -2.49. The third-order valence-electron chi connectivity index (χ3n) is 4.44. The van der Waals surface area contributed by atoms with Crippen LogP contribution < -0.4 is 5.32 Å². The van der Waals surface area contributed by atoms with Gasteiger partial charge in [-0.15, -0.1) is 0 Å². The van der Waals surface area contributed by atoms with Crippen LogP contribution in [-0.2, 0) is 14.8 Å². The monoisotopic (exact) mass is 447 g/mol. The Morgan fingerprint density at radius 3 is 2.63 bits per heavy atom. The van der Waals surface area contributed by atoms with Crippen LogP contribution in [0.1, 0.15) is 24.8 Å². The highest BCUT2D eigenvalue weighted by Crippen LogP contribution is 2.27. The fourth-order valence-corrected chi connectivity index (χ4v) is 5.01. The van der Waals surface area contributed by atoms with Gasteiger partial charge in [0.2, 0.25) is 15.9 Å². The van der Waals surface area contributed by atoms with E-state index in [0.717, 1.165) is 10.9 Å². The summed E-state index contributed by atoms with van der Waals surface area (Å²) in [5.74, 6) is -0.384. The van der Waals surface area contributed by atoms with Gasteiger partial charge in [0.1, 0.15) is 6.04 Å². The summed E-state index contributed by atoms with van der Waals surface area (Å²) in [7, 11) is -3.78. The third kappa shape index (κ3) is 4.38. The molecule has 1 atom stereocenters. The van der Waals surface area contributed by atoms with Gasteiger partial charge in [0.25, 0.3) is 0 Å². The average molecular weight is 448 g/mol. The van der Waals surface area contributed by atoms with E-state index in [1.807, 2.05) is 6.07 Å². The second-order valence-corrected chi connectivity index (χ2v) is 9.07. The van der Waals surface area contributed by atoms with Crippen LogP contribution in [0.25, 0.3) is 0 Å². The first-order valence-electron chi connectivity index (χ1n) is 8.50. The number of nitrogens with one attached hydrogen (secondary N) is 1. The topological polar surface area (TPSA) is 90.3 Å². The summed E-state index contributed by atoms with van der Waals surface area (Å²) >= 11 is 3.30. The smallest absolute Gasteiger partial charge is 0.243 e. The lowest BCUT2D eigenvalue weighted by atomic mass is 10.0. The number of carbonyl (C=O) groups is 1. The number of carbonyl (C=O) groups excluding carboxylic acids is 1. The number of hydrogen-bond donors (Lipinski definition) is 1. The quantitative estimate of drug-likeness (QED) is 0.775. The number of rotatable bonds is 4. The van der Waals surface area contributed by atoms with Gasteiger partial charge in [0.05, 0.1) is 16.5 Å². The van der Waals surface area contributed by atoms with Crippen LogP contribution in [0.3, 0.4) is 0 Å². The Kier molecular flexibility index (Phi) is 5.95. The van der Waals surface area contributed by atoms with Crippen molar-refractivity contribution in [3.8, 4) is 6.07 Å². The molecule has 1 unspecified atom stereocenters. The zero-order valence-corrected chi connectivity index (χ0v) is 16.8. The molecule has 0 radical (unpaired) electrons. The molecule has 3 rings (SSSR count). The highest BCUT2D eigenvalue weighted by Gasteiger charge is 2.37. The average Bonchev–Trinajstić information content (AvgIpc) is 2.68. The Morgan fingerprint density at radius 1 is 1.19 bits per heavy atom. The Balaban J connectivity index is 1.85. The van der Waals surface area contributed by atoms with Crippen molar-refractivity contribution in [2.75, 3.05) is 11.9 Å². The first-order chi connectivity index (χ1) is 12.9. The van der Waals surface area contributed by atoms with Crippen LogP contribution in [-0.4, -0.2) is 31.2 Å². The van der Waals surface area contributed by atoms with Gasteiger partial charge in [-0.05, 0) is 55.3 Å². The lowest BCUT2D eigenvalue weighted by Gasteiger charge is -2.33. The highest BCUT2D eigenvalue weighted by atomic mass is 79.9. The van der Waals surface area contributed by atoms with Crippen molar-refractivity contribution in [3.63, 3.8) is 0 Å². The van der Waals surface area contributed by atoms with Gasteiger partial charge in [-0.3, -0.25) is 4.79 Å². The number of piperidine rings is 1. The summed E-state index contributed by atoms with van der Waals surface area (Å²) < 4.78 is 28.2. The summed E-state index contributed by atoms with van der Waals surface area (Å²) in [5, 5.41) is 11.7. The normalized spacial score (nSPS) is 17.9. The Labute approximate surface area is 167 Å². The highest BCUT2D eigenvalue weighted by molar-refractivity contribution is 9.10. The van der Waals surface area contributed by atoms with Crippen molar-refractivity contribution in [1.29, 1.82) is 5.26 Å². The van der Waals surface area contributed by atoms with E-state index in [9.17, 15) is 13.2 Å². The molecule has 0 spiro atoms. The molecule has 2 aromatic rings. The molecule has 1 aliphatic heterocycles. The second-order valence-electron chi connectivity index (χ2n) is 6.26. The van der Waals surface area contributed by atoms with Gasteiger partial charge in [0, 0.05) is 16.7 Å². The van der Waals surface area contributed by atoms with Crippen molar-refractivity contribution in [3.05, 3.63) is 58.6 Å². The number of nitriles is 1. The summed E-state index contributed by atoms with van der Waals surface area (Å²) in [6, 6.07) is 14.2. The van der Waals surface area contributed by atoms with E-state index in [2.05, 4.69) is 21.2 Å². The molecule has 140 valence electrons. The molecular weight excluding hydrogens is 430 g/mol. The second kappa shape index (κ2) is 8.21. The molecule has 27 heavy (non-hydrogen) atoms. The third-order valence-corrected chi connectivity index (χ3v) is 6.89. The van der Waals surface area contributed by atoms with Gasteiger partial charge < -0.3 is 5.32 Å². The molecule has 6 nitrogen and oxygen atoms in total. The van der Waals surface area contributed by atoms with Crippen LogP contribution in [0.2, 0.25) is 0 Å². The van der Waals surface area contributed by atoms with E-state index in [1.165, 1.54) is 16.4 Å². The number of halogens is 1. The Bertz CT molecular complexity index is 984. The number of amides is 1. The van der Waals surface area contributed by atoms with Gasteiger partial charge in [-0.25, -0.2) is 8.42 Å². The van der Waals surface area contributed by atoms with E-state index in [4.69, 9.17) is 5.26 Å². The standard InChI is InChI=1S/C19H18BrN3O3S/c20-15-7-9-17(10-8-15)27(25,26)23-11-2-1-6-18(23)19(24)22-16-5-3-4-14(12-16)13-21/h3-5,7-10,12,18H,1-2,6,11H2,(H,22,24). The molecule has 1 amide bonds. The van der Waals surface area contributed by atoms with Crippen molar-refractivity contribution in [1.82, 2.24) is 4.31 Å². The summed E-state index contributed by atoms with van der Waals surface area (Å²) in [6.07, 6.45) is 1.95. The molecule has 0 bridgehead atoms. The molecule has 0 aliphatic carbocycles. The van der Waals surface area contributed by atoms with Crippen LogP contribution in [0, 0.1) is 11.3 Å². The fourth-order valence-electron chi connectivity index (χ4n) is 3.09. The number of hydrogen-bond acceptors (Lipinski definition) is 4. The van der Waals surface area contributed by atoms with Gasteiger partial charge in [-0.2, -0.15) is 9.57 Å². The van der Waals surface area contributed by atoms with Crippen LogP contribution in [0.15, 0.2) is 57.9 Å². The predicted octanol–water partition coefficient (Wildman–Crippen LogP) is 3.50. The molecule has 2 aromatic carbocycles. The maximum absolute atomic E-state index is 13.1. The SMILES string of the molecule is N#Cc1cccc(NC(=O)C2CCCCN2S(=O)(=O)c2ccc(Br)cc2)c1. The molecule has 1 N–H and O–H groups in total. The predicted molar refractivity (Wildman–Crippen MR) is 105 cm³/mol. The molecule has 0 saturated carbocycles. The Hall–Kier alpha value is -2.21. The summed E-state index contributed by atoms with van der Waals surface area (Å²) in [4.78, 5) is 13.0. The number of benzene rings is 2. The van der Waals surface area contributed by atoms with Crippen molar-refractivity contribution in [2.24, 2.45) is 0 Å². The van der Waals surface area contributed by atoms with Crippen molar-refractivity contribution < 1.29 is 13.2 Å². The summed E-state index contributed by atoms with van der Waals surface area (Å²) in [5.41, 5.74) is 0.904. The zero-order valence-electron chi connectivity index (χ0n) is 14.4. The Morgan fingerprint density at radius 2 is 1.93 bits per heavy atom. The molecule has 1 aliphatic rings. The van der Waals surface area contributed by atoms with Crippen LogP contribution >= 0.6 is 15.9 Å². The maximum atomic E-state index is 13.1. The lowest BCUT2D eigenvalue weighted by molar-refractivity contribution is -0.120. The minimum absolute atomic E-state index is 0.164. The van der Waals surface area contributed by atoms with E-state index < -0.39 is 16.1 Å². The first kappa shape index (κ1) is 19.5. The molecular formula is C19H18BrN3O3S. The molecule has 0 aromatic heterocycles. The van der Waals surface area contributed by atoms with Gasteiger partial charge >= 0.3 is 0 Å². The van der Waals surface area contributed by atoms with Crippen LogP contribution in [0.4, 0.5) is 5.69 Å². The first-order valence-corrected chi connectivity index (χ1v) is 10.7. The number of sulfonamides is 1. The molecule has 1 fully saturated rings. The summed E-state index contributed by atoms with van der Waals surface area (Å²) in [6.45, 7) is 0.300. The maximum Gasteiger partial charge on any atom is 0.243 e. The largest absolute Gasteiger partial charge is 0.325 e. The van der Waals surface area contributed by atoms with E-state index in [0.29, 0.717) is 30.6 Å². The van der Waals surface area contributed by atoms with Gasteiger partial charge in [0.15, 0.2) is 0 Å².